The summed E-state index contributed by atoms with van der Waals surface area (Å²) in [5.41, 5.74) is 0. The molecule has 2 nitrogen and oxygen atoms in total. The van der Waals surface area contributed by atoms with E-state index >= 15 is 0 Å². The molecule has 0 saturated carbocycles. The fourth-order valence-electron chi connectivity index (χ4n) is 0.565. The zero-order chi connectivity index (χ0) is 7.11. The molecule has 0 aromatic carbocycles. The molecular formula is C7H14CaO2. The van der Waals surface area contributed by atoms with Gasteiger partial charge in [-0.2, -0.15) is 0 Å². The number of unbranched alkanes of at least 4 members (excludes halogenated alkanes) is 2. The van der Waals surface area contributed by atoms with Crippen LogP contribution in [0.3, 0.4) is 0 Å². The third-order valence-electron chi connectivity index (χ3n) is 1.05. The average molecular weight is 170 g/mol. The van der Waals surface area contributed by atoms with E-state index < -0.39 is 5.97 Å². The van der Waals surface area contributed by atoms with Crippen LogP contribution in [0.5, 0.6) is 0 Å². The fraction of sp³-hybridized carbons (Fsp3) is 0.571. The number of carbonyl (C=O) groups is 1. The molecule has 1 N–H and O–H groups in total. The fourth-order valence-corrected chi connectivity index (χ4v) is 0.565. The topological polar surface area (TPSA) is 37.3 Å². The molecule has 0 fully saturated rings. The van der Waals surface area contributed by atoms with Crippen LogP contribution in [0.2, 0.25) is 0 Å². The van der Waals surface area contributed by atoms with Crippen molar-refractivity contribution >= 4 is 43.7 Å². The Labute approximate surface area is 94.3 Å². The molecule has 0 radical (unpaired) electrons. The number of hydrogen-bond acceptors (Lipinski definition) is 1. The number of aliphatic carboxylic acids is 1. The summed E-state index contributed by atoms with van der Waals surface area (Å²) in [6, 6.07) is 0. The van der Waals surface area contributed by atoms with E-state index in [2.05, 4.69) is 6.58 Å². The van der Waals surface area contributed by atoms with Gasteiger partial charge in [0.25, 0.3) is 0 Å². The molecule has 0 aliphatic rings. The molecule has 0 heterocycles. The predicted octanol–water partition coefficient (Wildman–Crippen LogP) is 1.66. The van der Waals surface area contributed by atoms with E-state index in [1.807, 2.05) is 6.08 Å². The first-order valence-corrected chi connectivity index (χ1v) is 3.10. The Morgan fingerprint density at radius 1 is 1.60 bits per heavy atom. The maximum atomic E-state index is 9.94. The molecule has 0 rings (SSSR count). The van der Waals surface area contributed by atoms with Crippen molar-refractivity contribution in [3.63, 3.8) is 0 Å². The summed E-state index contributed by atoms with van der Waals surface area (Å²) < 4.78 is 0. The number of allylic oxidation sites excluding steroid dienone is 1. The molecule has 0 aliphatic carbocycles. The Hall–Kier alpha value is 0.470. The quantitative estimate of drug-likeness (QED) is 0.387. The Balaban J connectivity index is -0.000000107. The van der Waals surface area contributed by atoms with E-state index in [1.54, 1.807) is 0 Å². The Morgan fingerprint density at radius 3 is 2.60 bits per heavy atom. The molecule has 0 amide bonds. The second kappa shape index (κ2) is 9.47. The van der Waals surface area contributed by atoms with E-state index in [0.717, 1.165) is 19.3 Å². The van der Waals surface area contributed by atoms with E-state index in [0.29, 0.717) is 0 Å². The van der Waals surface area contributed by atoms with Gasteiger partial charge in [0.15, 0.2) is 0 Å². The number of carboxylic acid groups (broad SMARTS) is 1. The zero-order valence-corrected chi connectivity index (χ0v) is 8.38. The molecule has 0 bridgehead atoms. The zero-order valence-electron chi connectivity index (χ0n) is 8.18. The largest absolute Gasteiger partial charge is 2.00 e. The van der Waals surface area contributed by atoms with Crippen LogP contribution in [0, 0.1) is 0 Å². The predicted molar refractivity (Wildman–Crippen MR) is 44.3 cm³/mol. The molecule has 0 aromatic heterocycles. The summed E-state index contributed by atoms with van der Waals surface area (Å²) in [6.07, 6.45) is 4.72. The van der Waals surface area contributed by atoms with Gasteiger partial charge >= 0.3 is 43.7 Å². The van der Waals surface area contributed by atoms with Gasteiger partial charge in [-0.1, -0.05) is 6.08 Å². The van der Waals surface area contributed by atoms with E-state index in [4.69, 9.17) is 5.11 Å². The van der Waals surface area contributed by atoms with Gasteiger partial charge < -0.3 is 7.96 Å². The Bertz CT molecular complexity index is 110. The van der Waals surface area contributed by atoms with Crippen molar-refractivity contribution in [3.8, 4) is 0 Å². The van der Waals surface area contributed by atoms with Gasteiger partial charge in [0.1, 0.15) is 0 Å². The molecule has 3 heteroatoms. The number of rotatable bonds is 5. The molecule has 56 valence electrons. The molecule has 10 heavy (non-hydrogen) atoms. The SMILES string of the molecule is C=CCCCCC(=O)O.[Ca+2].[H-].[H-]. The Morgan fingerprint density at radius 2 is 2.20 bits per heavy atom. The van der Waals surface area contributed by atoms with Gasteiger partial charge in [-0.15, -0.1) is 6.58 Å². The molecule has 0 saturated heterocycles. The summed E-state index contributed by atoms with van der Waals surface area (Å²) in [5.74, 6) is -0.709. The summed E-state index contributed by atoms with van der Waals surface area (Å²) >= 11 is 0. The van der Waals surface area contributed by atoms with Crippen LogP contribution in [-0.4, -0.2) is 48.8 Å². The third kappa shape index (κ3) is 11.3. The third-order valence-corrected chi connectivity index (χ3v) is 1.05. The standard InChI is InChI=1S/C7H12O2.Ca.2H/c1-2-3-4-5-6-7(8)9;;;/h2H,1,3-6H2,(H,8,9);;;/q;+2;2*-1. The van der Waals surface area contributed by atoms with Crippen molar-refractivity contribution in [1.82, 2.24) is 0 Å². The maximum absolute atomic E-state index is 9.94. The minimum atomic E-state index is -0.709. The van der Waals surface area contributed by atoms with Gasteiger partial charge in [-0.05, 0) is 19.3 Å². The van der Waals surface area contributed by atoms with Crippen LogP contribution in [-0.2, 0) is 4.79 Å². The van der Waals surface area contributed by atoms with Crippen LogP contribution in [0.1, 0.15) is 28.5 Å². The van der Waals surface area contributed by atoms with Gasteiger partial charge in [0, 0.05) is 6.42 Å². The summed E-state index contributed by atoms with van der Waals surface area (Å²) in [7, 11) is 0. The monoisotopic (exact) mass is 170 g/mol. The van der Waals surface area contributed by atoms with E-state index in [-0.39, 0.29) is 47.0 Å². The van der Waals surface area contributed by atoms with Crippen LogP contribution in [0.15, 0.2) is 12.7 Å². The van der Waals surface area contributed by atoms with Crippen LogP contribution in [0.4, 0.5) is 0 Å². The molecule has 0 aliphatic heterocycles. The normalized spacial score (nSPS) is 8.00. The van der Waals surface area contributed by atoms with Gasteiger partial charge in [-0.3, -0.25) is 4.79 Å². The van der Waals surface area contributed by atoms with Gasteiger partial charge in [0.05, 0.1) is 0 Å². The first kappa shape index (κ1) is 13.1. The second-order valence-electron chi connectivity index (χ2n) is 1.93. The van der Waals surface area contributed by atoms with E-state index in [9.17, 15) is 4.79 Å². The minimum absolute atomic E-state index is 0. The van der Waals surface area contributed by atoms with Crippen LogP contribution >= 0.6 is 0 Å². The Kier molecular flexibility index (Phi) is 12.4. The molecule has 0 spiro atoms. The van der Waals surface area contributed by atoms with Crippen LogP contribution < -0.4 is 0 Å². The molecular weight excluding hydrogens is 156 g/mol. The summed E-state index contributed by atoms with van der Waals surface area (Å²) in [6.45, 7) is 3.53. The number of carboxylic acids is 1. The van der Waals surface area contributed by atoms with Crippen molar-refractivity contribution in [3.05, 3.63) is 12.7 Å². The van der Waals surface area contributed by atoms with E-state index in [1.165, 1.54) is 0 Å². The number of hydrogen-bond donors (Lipinski definition) is 1. The van der Waals surface area contributed by atoms with Crippen molar-refractivity contribution in [2.45, 2.75) is 25.7 Å². The van der Waals surface area contributed by atoms with Crippen molar-refractivity contribution in [1.29, 1.82) is 0 Å². The van der Waals surface area contributed by atoms with Crippen LogP contribution in [0.25, 0.3) is 0 Å². The molecule has 0 atom stereocenters. The second-order valence-corrected chi connectivity index (χ2v) is 1.93. The first-order chi connectivity index (χ1) is 4.27. The van der Waals surface area contributed by atoms with Gasteiger partial charge in [-0.25, -0.2) is 0 Å². The first-order valence-electron chi connectivity index (χ1n) is 3.10. The summed E-state index contributed by atoms with van der Waals surface area (Å²) in [4.78, 5) is 9.94. The molecule has 0 aromatic rings. The minimum Gasteiger partial charge on any atom is -1.00 e. The van der Waals surface area contributed by atoms with Crippen molar-refractivity contribution in [2.75, 3.05) is 0 Å². The maximum Gasteiger partial charge on any atom is 2.00 e. The summed E-state index contributed by atoms with van der Waals surface area (Å²) in [5, 5.41) is 8.19. The van der Waals surface area contributed by atoms with Gasteiger partial charge in [0.2, 0.25) is 0 Å². The van der Waals surface area contributed by atoms with Crippen molar-refractivity contribution in [2.24, 2.45) is 0 Å². The molecule has 0 unspecified atom stereocenters. The van der Waals surface area contributed by atoms with Crippen molar-refractivity contribution < 1.29 is 12.8 Å². The smallest absolute Gasteiger partial charge is 1.00 e. The average Bonchev–Trinajstić information content (AvgIpc) is 1.80.